The first-order chi connectivity index (χ1) is 6.45. The SMILES string of the molecule is C.c1ccc(COC2CCNC2)cc1. The summed E-state index contributed by atoms with van der Waals surface area (Å²) < 4.78 is 5.73. The molecule has 1 saturated heterocycles. The van der Waals surface area contributed by atoms with E-state index in [0.29, 0.717) is 6.10 Å². The van der Waals surface area contributed by atoms with Gasteiger partial charge < -0.3 is 10.1 Å². The summed E-state index contributed by atoms with van der Waals surface area (Å²) in [5, 5.41) is 3.28. The molecule has 0 radical (unpaired) electrons. The van der Waals surface area contributed by atoms with Crippen LogP contribution in [0.4, 0.5) is 0 Å². The summed E-state index contributed by atoms with van der Waals surface area (Å²) in [5.74, 6) is 0. The number of hydrogen-bond acceptors (Lipinski definition) is 2. The third kappa shape index (κ3) is 3.13. The number of nitrogens with one attached hydrogen (secondary N) is 1. The molecule has 1 heterocycles. The Hall–Kier alpha value is -0.860. The second kappa shape index (κ2) is 5.78. The van der Waals surface area contributed by atoms with Gasteiger partial charge in [-0.05, 0) is 18.5 Å². The first kappa shape index (κ1) is 11.2. The van der Waals surface area contributed by atoms with Crippen molar-refractivity contribution in [3.05, 3.63) is 35.9 Å². The lowest BCUT2D eigenvalue weighted by atomic mass is 10.2. The van der Waals surface area contributed by atoms with Gasteiger partial charge in [-0.1, -0.05) is 37.8 Å². The van der Waals surface area contributed by atoms with Crippen molar-refractivity contribution in [3.63, 3.8) is 0 Å². The number of rotatable bonds is 3. The van der Waals surface area contributed by atoms with Crippen LogP contribution in [0.25, 0.3) is 0 Å². The van der Waals surface area contributed by atoms with Gasteiger partial charge in [0.15, 0.2) is 0 Å². The van der Waals surface area contributed by atoms with Crippen LogP contribution in [0.2, 0.25) is 0 Å². The summed E-state index contributed by atoms with van der Waals surface area (Å²) >= 11 is 0. The molecule has 0 spiro atoms. The largest absolute Gasteiger partial charge is 0.372 e. The molecule has 78 valence electrons. The van der Waals surface area contributed by atoms with Gasteiger partial charge in [-0.2, -0.15) is 0 Å². The third-order valence-electron chi connectivity index (χ3n) is 2.34. The highest BCUT2D eigenvalue weighted by molar-refractivity contribution is 5.13. The van der Waals surface area contributed by atoms with Crippen molar-refractivity contribution >= 4 is 0 Å². The van der Waals surface area contributed by atoms with E-state index in [1.807, 2.05) is 18.2 Å². The van der Waals surface area contributed by atoms with E-state index in [-0.39, 0.29) is 7.43 Å². The lowest BCUT2D eigenvalue weighted by Crippen LogP contribution is -2.16. The topological polar surface area (TPSA) is 21.3 Å². The van der Waals surface area contributed by atoms with Gasteiger partial charge in [0.1, 0.15) is 0 Å². The van der Waals surface area contributed by atoms with Gasteiger partial charge in [0.05, 0.1) is 12.7 Å². The van der Waals surface area contributed by atoms with Gasteiger partial charge in [0, 0.05) is 6.54 Å². The molecule has 1 unspecified atom stereocenters. The highest BCUT2D eigenvalue weighted by Crippen LogP contribution is 2.07. The Kier molecular flexibility index (Phi) is 4.63. The molecule has 1 N–H and O–H groups in total. The summed E-state index contributed by atoms with van der Waals surface area (Å²) in [6, 6.07) is 10.3. The molecular weight excluding hydrogens is 174 g/mol. The lowest BCUT2D eigenvalue weighted by molar-refractivity contribution is 0.0542. The molecule has 0 amide bonds. The highest BCUT2D eigenvalue weighted by atomic mass is 16.5. The van der Waals surface area contributed by atoms with Crippen molar-refractivity contribution in [1.29, 1.82) is 0 Å². The molecule has 1 atom stereocenters. The van der Waals surface area contributed by atoms with Crippen molar-refractivity contribution in [2.75, 3.05) is 13.1 Å². The zero-order chi connectivity index (χ0) is 8.93. The molecule has 1 aromatic carbocycles. The Balaban J connectivity index is 0.000000980. The van der Waals surface area contributed by atoms with Gasteiger partial charge in [-0.3, -0.25) is 0 Å². The van der Waals surface area contributed by atoms with Crippen molar-refractivity contribution in [2.24, 2.45) is 0 Å². The Morgan fingerprint density at radius 3 is 2.71 bits per heavy atom. The van der Waals surface area contributed by atoms with E-state index in [4.69, 9.17) is 4.74 Å². The van der Waals surface area contributed by atoms with Crippen molar-refractivity contribution in [1.82, 2.24) is 5.32 Å². The second-order valence-corrected chi connectivity index (χ2v) is 3.41. The quantitative estimate of drug-likeness (QED) is 0.794. The Morgan fingerprint density at radius 2 is 2.07 bits per heavy atom. The fraction of sp³-hybridized carbons (Fsp3) is 0.500. The average Bonchev–Trinajstić information content (AvgIpc) is 2.69. The maximum Gasteiger partial charge on any atom is 0.0721 e. The summed E-state index contributed by atoms with van der Waals surface area (Å²) in [5.41, 5.74) is 1.26. The standard InChI is InChI=1S/C11H15NO.CH4/c1-2-4-10(5-3-1)9-13-11-6-7-12-8-11;/h1-5,11-12H,6-9H2;1H4. The van der Waals surface area contributed by atoms with Gasteiger partial charge in [-0.25, -0.2) is 0 Å². The molecule has 14 heavy (non-hydrogen) atoms. The fourth-order valence-electron chi connectivity index (χ4n) is 1.56. The molecule has 0 bridgehead atoms. The zero-order valence-electron chi connectivity index (χ0n) is 7.70. The minimum Gasteiger partial charge on any atom is -0.372 e. The van der Waals surface area contributed by atoms with E-state index in [9.17, 15) is 0 Å². The molecule has 0 saturated carbocycles. The monoisotopic (exact) mass is 193 g/mol. The molecular formula is C12H19NO. The average molecular weight is 193 g/mol. The van der Waals surface area contributed by atoms with Crippen LogP contribution in [0.3, 0.4) is 0 Å². The van der Waals surface area contributed by atoms with E-state index >= 15 is 0 Å². The molecule has 2 rings (SSSR count). The molecule has 0 aromatic heterocycles. The van der Waals surface area contributed by atoms with Crippen LogP contribution in [-0.4, -0.2) is 19.2 Å². The molecule has 2 nitrogen and oxygen atoms in total. The first-order valence-electron chi connectivity index (χ1n) is 4.81. The zero-order valence-corrected chi connectivity index (χ0v) is 7.70. The van der Waals surface area contributed by atoms with Crippen LogP contribution in [0.5, 0.6) is 0 Å². The highest BCUT2D eigenvalue weighted by Gasteiger charge is 2.13. The number of hydrogen-bond donors (Lipinski definition) is 1. The lowest BCUT2D eigenvalue weighted by Gasteiger charge is -2.09. The van der Waals surface area contributed by atoms with Crippen molar-refractivity contribution in [3.8, 4) is 0 Å². The number of benzene rings is 1. The summed E-state index contributed by atoms with van der Waals surface area (Å²) in [4.78, 5) is 0. The minimum absolute atomic E-state index is 0. The predicted molar refractivity (Wildman–Crippen MR) is 59.2 cm³/mol. The van der Waals surface area contributed by atoms with Gasteiger partial charge in [0.2, 0.25) is 0 Å². The molecule has 1 fully saturated rings. The normalized spacial score (nSPS) is 20.4. The van der Waals surface area contributed by atoms with E-state index in [1.165, 1.54) is 5.56 Å². The Morgan fingerprint density at radius 1 is 1.29 bits per heavy atom. The van der Waals surface area contributed by atoms with Crippen molar-refractivity contribution < 1.29 is 4.74 Å². The van der Waals surface area contributed by atoms with E-state index < -0.39 is 0 Å². The second-order valence-electron chi connectivity index (χ2n) is 3.41. The van der Waals surface area contributed by atoms with E-state index in [1.54, 1.807) is 0 Å². The Labute approximate surface area is 86.3 Å². The molecule has 0 aliphatic carbocycles. The maximum atomic E-state index is 5.73. The van der Waals surface area contributed by atoms with Crippen molar-refractivity contribution in [2.45, 2.75) is 26.6 Å². The van der Waals surface area contributed by atoms with Crippen LogP contribution in [-0.2, 0) is 11.3 Å². The molecule has 2 heteroatoms. The van der Waals surface area contributed by atoms with Gasteiger partial charge in [-0.15, -0.1) is 0 Å². The van der Waals surface area contributed by atoms with Crippen LogP contribution >= 0.6 is 0 Å². The van der Waals surface area contributed by atoms with Crippen LogP contribution in [0, 0.1) is 0 Å². The van der Waals surface area contributed by atoms with Crippen LogP contribution < -0.4 is 5.32 Å². The van der Waals surface area contributed by atoms with Gasteiger partial charge >= 0.3 is 0 Å². The first-order valence-corrected chi connectivity index (χ1v) is 4.81. The fourth-order valence-corrected chi connectivity index (χ4v) is 1.56. The van der Waals surface area contributed by atoms with Crippen LogP contribution in [0.15, 0.2) is 30.3 Å². The predicted octanol–water partition coefficient (Wildman–Crippen LogP) is 2.20. The molecule has 1 aliphatic heterocycles. The summed E-state index contributed by atoms with van der Waals surface area (Å²) in [7, 11) is 0. The van der Waals surface area contributed by atoms with E-state index in [2.05, 4.69) is 17.4 Å². The molecule has 1 aliphatic rings. The third-order valence-corrected chi connectivity index (χ3v) is 2.34. The molecule has 1 aromatic rings. The minimum atomic E-state index is 0. The van der Waals surface area contributed by atoms with Gasteiger partial charge in [0.25, 0.3) is 0 Å². The van der Waals surface area contributed by atoms with Crippen LogP contribution in [0.1, 0.15) is 19.4 Å². The Bertz CT molecular complexity index is 242. The maximum absolute atomic E-state index is 5.73. The smallest absolute Gasteiger partial charge is 0.0721 e. The van der Waals surface area contributed by atoms with E-state index in [0.717, 1.165) is 26.1 Å². The summed E-state index contributed by atoms with van der Waals surface area (Å²) in [6.07, 6.45) is 1.56. The summed E-state index contributed by atoms with van der Waals surface area (Å²) in [6.45, 7) is 2.85. The number of ether oxygens (including phenoxy) is 1.